The van der Waals surface area contributed by atoms with E-state index in [1.807, 2.05) is 42.5 Å². The minimum Gasteiger partial charge on any atom is -0.422 e. The van der Waals surface area contributed by atoms with Gasteiger partial charge in [0.15, 0.2) is 0 Å². The summed E-state index contributed by atoms with van der Waals surface area (Å²) in [5, 5.41) is 3.73. The predicted octanol–water partition coefficient (Wildman–Crippen LogP) is 5.32. The molecule has 4 rings (SSSR count). The predicted molar refractivity (Wildman–Crippen MR) is 115 cm³/mol. The van der Waals surface area contributed by atoms with Gasteiger partial charge in [0.25, 0.3) is 5.91 Å². The van der Waals surface area contributed by atoms with Gasteiger partial charge in [0.2, 0.25) is 0 Å². The van der Waals surface area contributed by atoms with Crippen molar-refractivity contribution in [2.75, 3.05) is 5.32 Å². The average molecular weight is 467 g/mol. The molecule has 0 atom stereocenters. The molecule has 0 radical (unpaired) electrons. The van der Waals surface area contributed by atoms with Crippen molar-refractivity contribution in [2.45, 2.75) is 0 Å². The molecule has 0 unspecified atom stereocenters. The number of amides is 1. The summed E-state index contributed by atoms with van der Waals surface area (Å²) in [6.07, 6.45) is 0. The van der Waals surface area contributed by atoms with E-state index in [-0.39, 0.29) is 11.5 Å². The molecule has 0 aliphatic rings. The first kappa shape index (κ1) is 17.5. The van der Waals surface area contributed by atoms with Crippen LogP contribution in [0.25, 0.3) is 22.1 Å². The van der Waals surface area contributed by atoms with Gasteiger partial charge in [0, 0.05) is 20.2 Å². The Kier molecular flexibility index (Phi) is 4.77. The highest BCUT2D eigenvalue weighted by atomic mass is 127. The number of carbonyl (C=O) groups excluding carboxylic acids is 1. The highest BCUT2D eigenvalue weighted by molar-refractivity contribution is 14.1. The maximum Gasteiger partial charge on any atom is 0.344 e. The average Bonchev–Trinajstić information content (AvgIpc) is 2.68. The smallest absolute Gasteiger partial charge is 0.344 e. The van der Waals surface area contributed by atoms with E-state index < -0.39 is 0 Å². The number of rotatable bonds is 3. The Morgan fingerprint density at radius 1 is 0.889 bits per heavy atom. The van der Waals surface area contributed by atoms with E-state index in [9.17, 15) is 9.59 Å². The summed E-state index contributed by atoms with van der Waals surface area (Å²) >= 11 is 2.17. The lowest BCUT2D eigenvalue weighted by atomic mass is 10.1. The molecule has 0 spiro atoms. The first-order chi connectivity index (χ1) is 13.1. The van der Waals surface area contributed by atoms with E-state index in [4.69, 9.17) is 4.42 Å². The monoisotopic (exact) mass is 467 g/mol. The molecule has 1 N–H and O–H groups in total. The van der Waals surface area contributed by atoms with Crippen LogP contribution in [0.1, 0.15) is 10.4 Å². The fraction of sp³-hybridized carbons (Fsp3) is 0. The number of benzene rings is 3. The first-order valence-corrected chi connectivity index (χ1v) is 9.38. The Morgan fingerprint density at radius 2 is 1.67 bits per heavy atom. The zero-order valence-corrected chi connectivity index (χ0v) is 16.3. The second kappa shape index (κ2) is 7.36. The molecule has 0 bridgehead atoms. The van der Waals surface area contributed by atoms with E-state index >= 15 is 0 Å². The van der Waals surface area contributed by atoms with Gasteiger partial charge >= 0.3 is 5.63 Å². The number of nitrogens with one attached hydrogen (secondary N) is 1. The molecule has 5 heteroatoms. The normalized spacial score (nSPS) is 10.7. The van der Waals surface area contributed by atoms with Gasteiger partial charge < -0.3 is 9.73 Å². The number of anilines is 1. The minimum absolute atomic E-state index is 0.175. The third-order valence-electron chi connectivity index (χ3n) is 4.18. The molecule has 1 aromatic heterocycles. The molecule has 3 aromatic carbocycles. The standard InChI is InChI=1S/C22H14INO3/c23-17-6-3-5-16(12-17)21(25)24-18-10-8-14(9-11-18)19-13-15-4-1-2-7-20(15)27-22(19)26/h1-13H,(H,24,25). The van der Waals surface area contributed by atoms with Crippen molar-refractivity contribution in [3.8, 4) is 11.1 Å². The number of hydrogen-bond acceptors (Lipinski definition) is 3. The lowest BCUT2D eigenvalue weighted by molar-refractivity contribution is 0.102. The molecule has 4 aromatic rings. The van der Waals surface area contributed by atoms with Crippen molar-refractivity contribution >= 4 is 45.2 Å². The Hall–Kier alpha value is -2.93. The van der Waals surface area contributed by atoms with E-state index in [2.05, 4.69) is 27.9 Å². The SMILES string of the molecule is O=C(Nc1ccc(-c2cc3ccccc3oc2=O)cc1)c1cccc(I)c1. The van der Waals surface area contributed by atoms with Crippen LogP contribution in [-0.2, 0) is 0 Å². The first-order valence-electron chi connectivity index (χ1n) is 8.30. The Bertz CT molecular complexity index is 1200. The van der Waals surface area contributed by atoms with Gasteiger partial charge in [-0.15, -0.1) is 0 Å². The molecule has 0 saturated heterocycles. The molecule has 1 amide bonds. The van der Waals surface area contributed by atoms with Crippen molar-refractivity contribution in [1.29, 1.82) is 0 Å². The van der Waals surface area contributed by atoms with Gasteiger partial charge in [0.05, 0.1) is 5.56 Å². The van der Waals surface area contributed by atoms with Crippen LogP contribution in [0.5, 0.6) is 0 Å². The molecule has 1 heterocycles. The Balaban J connectivity index is 1.60. The molecular weight excluding hydrogens is 453 g/mol. The highest BCUT2D eigenvalue weighted by Crippen LogP contribution is 2.23. The van der Waals surface area contributed by atoms with Gasteiger partial charge in [-0.3, -0.25) is 4.79 Å². The van der Waals surface area contributed by atoms with Crippen molar-refractivity contribution < 1.29 is 9.21 Å². The fourth-order valence-corrected chi connectivity index (χ4v) is 3.37. The van der Waals surface area contributed by atoms with Gasteiger partial charge in [-0.25, -0.2) is 4.79 Å². The molecule has 4 nitrogen and oxygen atoms in total. The van der Waals surface area contributed by atoms with Crippen molar-refractivity contribution in [1.82, 2.24) is 0 Å². The molecular formula is C22H14INO3. The third-order valence-corrected chi connectivity index (χ3v) is 4.85. The summed E-state index contributed by atoms with van der Waals surface area (Å²) in [6.45, 7) is 0. The zero-order chi connectivity index (χ0) is 18.8. The summed E-state index contributed by atoms with van der Waals surface area (Å²) in [7, 11) is 0. The van der Waals surface area contributed by atoms with Crippen molar-refractivity contribution in [3.05, 3.63) is 98.4 Å². The summed E-state index contributed by atoms with van der Waals surface area (Å²) in [5.41, 5.74) is 2.66. The zero-order valence-electron chi connectivity index (χ0n) is 14.1. The number of fused-ring (bicyclic) bond motifs is 1. The number of hydrogen-bond donors (Lipinski definition) is 1. The van der Waals surface area contributed by atoms with Crippen LogP contribution in [-0.4, -0.2) is 5.91 Å². The molecule has 0 fully saturated rings. The summed E-state index contributed by atoms with van der Waals surface area (Å²) in [5.74, 6) is -0.175. The Labute approximate surface area is 169 Å². The van der Waals surface area contributed by atoms with Crippen LogP contribution in [0.15, 0.2) is 88.1 Å². The van der Waals surface area contributed by atoms with Crippen LogP contribution in [0, 0.1) is 3.57 Å². The molecule has 132 valence electrons. The summed E-state index contributed by atoms with van der Waals surface area (Å²) in [4.78, 5) is 24.6. The second-order valence-corrected chi connectivity index (χ2v) is 7.27. The van der Waals surface area contributed by atoms with Crippen LogP contribution >= 0.6 is 22.6 Å². The van der Waals surface area contributed by atoms with Gasteiger partial charge in [0.1, 0.15) is 5.58 Å². The van der Waals surface area contributed by atoms with Gasteiger partial charge in [-0.05, 0) is 70.6 Å². The van der Waals surface area contributed by atoms with Crippen LogP contribution in [0.3, 0.4) is 0 Å². The molecule has 27 heavy (non-hydrogen) atoms. The van der Waals surface area contributed by atoms with E-state index in [1.54, 1.807) is 36.4 Å². The van der Waals surface area contributed by atoms with E-state index in [0.29, 0.717) is 22.4 Å². The topological polar surface area (TPSA) is 59.3 Å². The maximum absolute atomic E-state index is 12.3. The van der Waals surface area contributed by atoms with Crippen molar-refractivity contribution in [2.24, 2.45) is 0 Å². The maximum atomic E-state index is 12.3. The largest absolute Gasteiger partial charge is 0.422 e. The minimum atomic E-state index is -0.385. The van der Waals surface area contributed by atoms with Gasteiger partial charge in [-0.2, -0.15) is 0 Å². The third kappa shape index (κ3) is 3.78. The lowest BCUT2D eigenvalue weighted by Crippen LogP contribution is -2.12. The van der Waals surface area contributed by atoms with E-state index in [1.165, 1.54) is 0 Å². The fourth-order valence-electron chi connectivity index (χ4n) is 2.83. The molecule has 0 saturated carbocycles. The summed E-state index contributed by atoms with van der Waals surface area (Å²) < 4.78 is 6.38. The van der Waals surface area contributed by atoms with E-state index in [0.717, 1.165) is 14.5 Å². The number of halogens is 1. The van der Waals surface area contributed by atoms with Crippen molar-refractivity contribution in [3.63, 3.8) is 0 Å². The van der Waals surface area contributed by atoms with Crippen LogP contribution in [0.2, 0.25) is 0 Å². The molecule has 0 aliphatic heterocycles. The lowest BCUT2D eigenvalue weighted by Gasteiger charge is -2.07. The van der Waals surface area contributed by atoms with Gasteiger partial charge in [-0.1, -0.05) is 36.4 Å². The number of para-hydroxylation sites is 1. The van der Waals surface area contributed by atoms with Crippen LogP contribution in [0.4, 0.5) is 5.69 Å². The second-order valence-electron chi connectivity index (χ2n) is 6.03. The summed E-state index contributed by atoms with van der Waals surface area (Å²) in [6, 6.07) is 23.7. The van der Waals surface area contributed by atoms with Crippen LogP contribution < -0.4 is 10.9 Å². The molecule has 0 aliphatic carbocycles. The number of carbonyl (C=O) groups is 1. The quantitative estimate of drug-likeness (QED) is 0.328. The highest BCUT2D eigenvalue weighted by Gasteiger charge is 2.09. The Morgan fingerprint density at radius 3 is 2.44 bits per heavy atom.